The van der Waals surface area contributed by atoms with Crippen LogP contribution >= 0.6 is 11.3 Å². The Bertz CT molecular complexity index is 371. The molecule has 1 N–H and O–H groups in total. The molecule has 1 saturated heterocycles. The first-order valence-electron chi connectivity index (χ1n) is 5.32. The van der Waals surface area contributed by atoms with Crippen molar-refractivity contribution in [3.05, 3.63) is 11.1 Å². The lowest BCUT2D eigenvalue weighted by Crippen LogP contribution is -2.48. The molecule has 2 heterocycles. The number of nitrogens with one attached hydrogen (secondary N) is 1. The number of amides is 2. The van der Waals surface area contributed by atoms with Crippen molar-refractivity contribution in [2.45, 2.75) is 6.92 Å². The van der Waals surface area contributed by atoms with Gasteiger partial charge in [0, 0.05) is 31.6 Å². The van der Waals surface area contributed by atoms with Gasteiger partial charge < -0.3 is 9.80 Å². The molecule has 2 amide bonds. The lowest BCUT2D eigenvalue weighted by atomic mass is 10.3. The molecular formula is C10H16N4OS. The fraction of sp³-hybridized carbons (Fsp3) is 0.600. The van der Waals surface area contributed by atoms with Gasteiger partial charge in [-0.25, -0.2) is 9.78 Å². The second kappa shape index (κ2) is 4.80. The molecule has 0 aliphatic carbocycles. The average molecular weight is 240 g/mol. The number of thiazole rings is 1. The Morgan fingerprint density at radius 1 is 1.44 bits per heavy atom. The van der Waals surface area contributed by atoms with E-state index in [2.05, 4.69) is 22.2 Å². The minimum atomic E-state index is -0.0394. The molecule has 5 nitrogen and oxygen atoms in total. The number of likely N-dealkylation sites (N-methyl/N-ethyl adjacent to an activating group) is 1. The standard InChI is InChI=1S/C10H16N4OS/c1-8-7-16-9(11-8)12-10(15)14-5-3-13(2)4-6-14/h7H,3-6H2,1-2H3,(H,11,12,15). The smallest absolute Gasteiger partial charge is 0.322 e. The van der Waals surface area contributed by atoms with Crippen LogP contribution in [0.2, 0.25) is 0 Å². The average Bonchev–Trinajstić information content (AvgIpc) is 2.65. The van der Waals surface area contributed by atoms with Crippen molar-refractivity contribution in [2.75, 3.05) is 38.5 Å². The molecule has 1 aliphatic rings. The number of piperazine rings is 1. The molecule has 0 spiro atoms. The summed E-state index contributed by atoms with van der Waals surface area (Å²) >= 11 is 1.46. The second-order valence-electron chi connectivity index (χ2n) is 4.01. The molecule has 16 heavy (non-hydrogen) atoms. The van der Waals surface area contributed by atoms with Crippen molar-refractivity contribution < 1.29 is 4.79 Å². The number of aromatic nitrogens is 1. The van der Waals surface area contributed by atoms with Gasteiger partial charge in [-0.15, -0.1) is 11.3 Å². The van der Waals surface area contributed by atoms with Gasteiger partial charge in [-0.1, -0.05) is 0 Å². The van der Waals surface area contributed by atoms with Crippen molar-refractivity contribution in [3.63, 3.8) is 0 Å². The predicted octanol–water partition coefficient (Wildman–Crippen LogP) is 1.23. The zero-order valence-electron chi connectivity index (χ0n) is 9.56. The van der Waals surface area contributed by atoms with Crippen LogP contribution in [0.3, 0.4) is 0 Å². The number of carbonyl (C=O) groups is 1. The largest absolute Gasteiger partial charge is 0.323 e. The lowest BCUT2D eigenvalue weighted by molar-refractivity contribution is 0.164. The first-order chi connectivity index (χ1) is 7.65. The van der Waals surface area contributed by atoms with Crippen LogP contribution in [0.1, 0.15) is 5.69 Å². The van der Waals surface area contributed by atoms with E-state index >= 15 is 0 Å². The van der Waals surface area contributed by atoms with E-state index in [1.54, 1.807) is 0 Å². The molecule has 1 fully saturated rings. The summed E-state index contributed by atoms with van der Waals surface area (Å²) in [6.45, 7) is 5.36. The van der Waals surface area contributed by atoms with Gasteiger partial charge in [-0.3, -0.25) is 5.32 Å². The quantitative estimate of drug-likeness (QED) is 0.803. The summed E-state index contributed by atoms with van der Waals surface area (Å²) in [4.78, 5) is 20.1. The number of rotatable bonds is 1. The topological polar surface area (TPSA) is 48.5 Å². The summed E-state index contributed by atoms with van der Waals surface area (Å²) < 4.78 is 0. The van der Waals surface area contributed by atoms with Crippen LogP contribution in [-0.4, -0.2) is 54.0 Å². The molecular weight excluding hydrogens is 224 g/mol. The third-order valence-corrected chi connectivity index (χ3v) is 3.50. The van der Waals surface area contributed by atoms with Crippen LogP contribution in [-0.2, 0) is 0 Å². The van der Waals surface area contributed by atoms with Gasteiger partial charge in [0.15, 0.2) is 5.13 Å². The van der Waals surface area contributed by atoms with Crippen LogP contribution in [0, 0.1) is 6.92 Å². The van der Waals surface area contributed by atoms with E-state index in [1.807, 2.05) is 17.2 Å². The summed E-state index contributed by atoms with van der Waals surface area (Å²) in [5, 5.41) is 5.44. The molecule has 2 rings (SSSR count). The number of nitrogens with zero attached hydrogens (tertiary/aromatic N) is 3. The van der Waals surface area contributed by atoms with Crippen LogP contribution in [0.5, 0.6) is 0 Å². The number of anilines is 1. The molecule has 88 valence electrons. The normalized spacial score (nSPS) is 17.5. The number of carbonyl (C=O) groups excluding carboxylic acids is 1. The van der Waals surface area contributed by atoms with Crippen LogP contribution in [0.15, 0.2) is 5.38 Å². The van der Waals surface area contributed by atoms with Gasteiger partial charge in [0.2, 0.25) is 0 Å². The fourth-order valence-electron chi connectivity index (χ4n) is 1.59. The Hall–Kier alpha value is -1.14. The number of hydrogen-bond donors (Lipinski definition) is 1. The Balaban J connectivity index is 1.88. The molecule has 1 aromatic heterocycles. The van der Waals surface area contributed by atoms with Crippen LogP contribution in [0.25, 0.3) is 0 Å². The third kappa shape index (κ3) is 2.70. The molecule has 1 aliphatic heterocycles. The zero-order valence-corrected chi connectivity index (χ0v) is 10.4. The highest BCUT2D eigenvalue weighted by atomic mass is 32.1. The van der Waals surface area contributed by atoms with E-state index in [9.17, 15) is 4.79 Å². The van der Waals surface area contributed by atoms with E-state index in [0.717, 1.165) is 31.9 Å². The molecule has 0 aromatic carbocycles. The molecule has 0 saturated carbocycles. The first kappa shape index (κ1) is 11.3. The van der Waals surface area contributed by atoms with Crippen molar-refractivity contribution in [1.29, 1.82) is 0 Å². The molecule has 0 atom stereocenters. The highest BCUT2D eigenvalue weighted by Gasteiger charge is 2.19. The number of aryl methyl sites for hydroxylation is 1. The molecule has 0 radical (unpaired) electrons. The third-order valence-electron chi connectivity index (χ3n) is 2.62. The SMILES string of the molecule is Cc1csc(NC(=O)N2CCN(C)CC2)n1. The summed E-state index contributed by atoms with van der Waals surface area (Å²) in [5.41, 5.74) is 0.943. The van der Waals surface area contributed by atoms with Crippen LogP contribution < -0.4 is 5.32 Å². The van der Waals surface area contributed by atoms with Gasteiger partial charge in [-0.2, -0.15) is 0 Å². The van der Waals surface area contributed by atoms with E-state index in [-0.39, 0.29) is 6.03 Å². The Labute approximate surface area is 99.1 Å². The van der Waals surface area contributed by atoms with Crippen molar-refractivity contribution >= 4 is 22.5 Å². The Morgan fingerprint density at radius 2 is 2.12 bits per heavy atom. The van der Waals surface area contributed by atoms with E-state index in [1.165, 1.54) is 11.3 Å². The van der Waals surface area contributed by atoms with Crippen molar-refractivity contribution in [3.8, 4) is 0 Å². The molecule has 6 heteroatoms. The zero-order chi connectivity index (χ0) is 11.5. The van der Waals surface area contributed by atoms with E-state index in [0.29, 0.717) is 5.13 Å². The van der Waals surface area contributed by atoms with E-state index in [4.69, 9.17) is 0 Å². The highest BCUT2D eigenvalue weighted by molar-refractivity contribution is 7.13. The van der Waals surface area contributed by atoms with Gasteiger partial charge >= 0.3 is 6.03 Å². The monoisotopic (exact) mass is 240 g/mol. The van der Waals surface area contributed by atoms with E-state index < -0.39 is 0 Å². The molecule has 0 unspecified atom stereocenters. The Morgan fingerprint density at radius 3 is 2.69 bits per heavy atom. The minimum Gasteiger partial charge on any atom is -0.322 e. The first-order valence-corrected chi connectivity index (χ1v) is 6.20. The second-order valence-corrected chi connectivity index (χ2v) is 4.87. The number of urea groups is 1. The minimum absolute atomic E-state index is 0.0394. The summed E-state index contributed by atoms with van der Waals surface area (Å²) in [5.74, 6) is 0. The van der Waals surface area contributed by atoms with Gasteiger partial charge in [0.1, 0.15) is 0 Å². The summed E-state index contributed by atoms with van der Waals surface area (Å²) in [6.07, 6.45) is 0. The summed E-state index contributed by atoms with van der Waals surface area (Å²) in [6, 6.07) is -0.0394. The van der Waals surface area contributed by atoms with Gasteiger partial charge in [-0.05, 0) is 14.0 Å². The lowest BCUT2D eigenvalue weighted by Gasteiger charge is -2.32. The molecule has 1 aromatic rings. The maximum Gasteiger partial charge on any atom is 0.323 e. The Kier molecular flexibility index (Phi) is 3.40. The maximum atomic E-state index is 11.8. The van der Waals surface area contributed by atoms with Crippen molar-refractivity contribution in [2.24, 2.45) is 0 Å². The fourth-order valence-corrected chi connectivity index (χ4v) is 2.27. The molecule has 0 bridgehead atoms. The van der Waals surface area contributed by atoms with Gasteiger partial charge in [0.05, 0.1) is 5.69 Å². The maximum absolute atomic E-state index is 11.8. The highest BCUT2D eigenvalue weighted by Crippen LogP contribution is 2.15. The summed E-state index contributed by atoms with van der Waals surface area (Å²) in [7, 11) is 2.07. The number of hydrogen-bond acceptors (Lipinski definition) is 4. The predicted molar refractivity (Wildman–Crippen MR) is 64.9 cm³/mol. The van der Waals surface area contributed by atoms with Crippen LogP contribution in [0.4, 0.5) is 9.93 Å². The van der Waals surface area contributed by atoms with Gasteiger partial charge in [0.25, 0.3) is 0 Å². The van der Waals surface area contributed by atoms with Crippen molar-refractivity contribution in [1.82, 2.24) is 14.8 Å².